The highest BCUT2D eigenvalue weighted by Gasteiger charge is 1.73. The highest BCUT2D eigenvalue weighted by atomic mass is 16.4. The molecule has 5 N–H and O–H groups in total. The molecule has 0 aliphatic heterocycles. The summed E-state index contributed by atoms with van der Waals surface area (Å²) in [7, 11) is 0. The van der Waals surface area contributed by atoms with E-state index in [1.54, 1.807) is 0 Å². The summed E-state index contributed by atoms with van der Waals surface area (Å²) in [6.45, 7) is 2.96. The Kier molecular flexibility index (Phi) is 34.6. The molecule has 0 aromatic carbocycles. The van der Waals surface area contributed by atoms with E-state index in [0.717, 1.165) is 6.08 Å². The quantitative estimate of drug-likeness (QED) is 0.211. The van der Waals surface area contributed by atoms with Crippen molar-refractivity contribution in [3.05, 3.63) is 12.7 Å². The molecule has 0 aliphatic rings. The van der Waals surface area contributed by atoms with Gasteiger partial charge in [0.05, 0.1) is 0 Å². The zero-order chi connectivity index (χ0) is 9.70. The van der Waals surface area contributed by atoms with Crippen LogP contribution in [0.15, 0.2) is 12.7 Å². The second kappa shape index (κ2) is 22.9. The van der Waals surface area contributed by atoms with E-state index in [2.05, 4.69) is 6.58 Å². The van der Waals surface area contributed by atoms with Crippen molar-refractivity contribution >= 4 is 21.3 Å². The molecule has 0 saturated carbocycles. The molecule has 0 aromatic rings. The number of hydrogen-bond donors (Lipinski definition) is 5. The van der Waals surface area contributed by atoms with Gasteiger partial charge in [0, 0.05) is 6.08 Å². The average Bonchev–Trinajstić information content (AvgIpc) is 1.91. The Morgan fingerprint density at radius 1 is 1.18 bits per heavy atom. The Bertz CT molecular complexity index is 83.9. The van der Waals surface area contributed by atoms with E-state index in [0.29, 0.717) is 0 Å². The van der Waals surface area contributed by atoms with Gasteiger partial charge in [-0.3, -0.25) is 0 Å². The largest absolute Gasteiger partial charge is 0.482 e. The summed E-state index contributed by atoms with van der Waals surface area (Å²) in [4.78, 5) is 9.25. The van der Waals surface area contributed by atoms with Gasteiger partial charge >= 0.3 is 21.3 Å². The van der Waals surface area contributed by atoms with Crippen molar-refractivity contribution in [2.24, 2.45) is 0 Å². The molecule has 0 aromatic heterocycles. The number of carboxylic acid groups (broad SMARTS) is 1. The van der Waals surface area contributed by atoms with Crippen molar-refractivity contribution in [3.63, 3.8) is 0 Å². The molecule has 0 spiro atoms. The molecule has 0 fully saturated rings. The molecule has 0 amide bonds. The van der Waals surface area contributed by atoms with Crippen LogP contribution in [0.3, 0.4) is 0 Å². The first kappa shape index (κ1) is 16.6. The van der Waals surface area contributed by atoms with E-state index < -0.39 is 5.97 Å². The summed E-state index contributed by atoms with van der Waals surface area (Å²) in [6, 6.07) is 0. The lowest BCUT2D eigenvalue weighted by atomic mass is 10.5. The molecule has 0 heterocycles. The molecule has 0 atom stereocenters. The van der Waals surface area contributed by atoms with Crippen molar-refractivity contribution in [2.75, 3.05) is 0 Å². The van der Waals surface area contributed by atoms with Gasteiger partial charge in [-0.2, -0.15) is 0 Å². The maximum Gasteiger partial charge on any atom is 0.482 e. The van der Waals surface area contributed by atoms with E-state index in [4.69, 9.17) is 25.2 Å². The van der Waals surface area contributed by atoms with Gasteiger partial charge in [0.1, 0.15) is 0 Å². The standard InChI is InChI=1S/C3H4O2.2BH2O2/c1-2-3(4)5;2*2-1-3/h2H,1H2,(H,4,5);2*2-3H. The van der Waals surface area contributed by atoms with Crippen LogP contribution in [0.4, 0.5) is 0 Å². The first-order valence-electron chi connectivity index (χ1n) is 2.16. The zero-order valence-corrected chi connectivity index (χ0v) is 5.58. The monoisotopic (exact) mass is 162 g/mol. The summed E-state index contributed by atoms with van der Waals surface area (Å²) >= 11 is 0. The van der Waals surface area contributed by atoms with Gasteiger partial charge in [-0.05, 0) is 0 Å². The van der Waals surface area contributed by atoms with Gasteiger partial charge in [0.2, 0.25) is 0 Å². The molecular formula is C3H8B2O6. The first-order chi connectivity index (χ1) is 5.10. The van der Waals surface area contributed by atoms with Crippen LogP contribution in [-0.2, 0) is 4.79 Å². The van der Waals surface area contributed by atoms with Gasteiger partial charge in [0.25, 0.3) is 0 Å². The number of carbonyl (C=O) groups is 1. The molecule has 0 bridgehead atoms. The van der Waals surface area contributed by atoms with Crippen LogP contribution in [-0.4, -0.2) is 46.5 Å². The van der Waals surface area contributed by atoms with Crippen LogP contribution >= 0.6 is 0 Å². The molecule has 11 heavy (non-hydrogen) atoms. The fourth-order valence-corrected chi connectivity index (χ4v) is 0. The van der Waals surface area contributed by atoms with Crippen LogP contribution in [0.25, 0.3) is 0 Å². The van der Waals surface area contributed by atoms with Gasteiger partial charge in [0.15, 0.2) is 0 Å². The third-order valence-electron chi connectivity index (χ3n) is 0.175. The number of aliphatic carboxylic acids is 1. The zero-order valence-electron chi connectivity index (χ0n) is 5.58. The second-order valence-corrected chi connectivity index (χ2v) is 0.773. The Balaban J connectivity index is -0.0000000933. The third-order valence-corrected chi connectivity index (χ3v) is 0.175. The Labute approximate surface area is 65.0 Å². The Morgan fingerprint density at radius 2 is 1.27 bits per heavy atom. The molecule has 2 radical (unpaired) electrons. The maximum atomic E-state index is 9.25. The smallest absolute Gasteiger partial charge is 0.478 e. The molecular weight excluding hydrogens is 154 g/mol. The molecule has 0 unspecified atom stereocenters. The predicted molar refractivity (Wildman–Crippen MR) is 38.2 cm³/mol. The summed E-state index contributed by atoms with van der Waals surface area (Å²) in [5, 5.41) is 35.6. The van der Waals surface area contributed by atoms with Crippen LogP contribution in [0.5, 0.6) is 0 Å². The van der Waals surface area contributed by atoms with Crippen LogP contribution < -0.4 is 0 Å². The minimum absolute atomic E-state index is 0. The molecule has 8 heteroatoms. The van der Waals surface area contributed by atoms with Gasteiger partial charge in [-0.15, -0.1) is 0 Å². The maximum absolute atomic E-state index is 9.25. The summed E-state index contributed by atoms with van der Waals surface area (Å²) in [6.07, 6.45) is 0.833. The lowest BCUT2D eigenvalue weighted by Gasteiger charge is -1.64. The fourth-order valence-electron chi connectivity index (χ4n) is 0. The molecule has 6 nitrogen and oxygen atoms in total. The summed E-state index contributed by atoms with van der Waals surface area (Å²) < 4.78 is 0. The number of hydrogen-bond acceptors (Lipinski definition) is 5. The molecule has 62 valence electrons. The number of rotatable bonds is 1. The highest BCUT2D eigenvalue weighted by molar-refractivity contribution is 6.13. The SMILES string of the molecule is C=CC(=O)O.O[B]O.O[B]O. The van der Waals surface area contributed by atoms with Gasteiger partial charge in [-0.25, -0.2) is 4.79 Å². The van der Waals surface area contributed by atoms with E-state index in [-0.39, 0.29) is 15.4 Å². The van der Waals surface area contributed by atoms with Crippen LogP contribution in [0.2, 0.25) is 0 Å². The van der Waals surface area contributed by atoms with E-state index in [1.807, 2.05) is 0 Å². The normalized spacial score (nSPS) is 5.45. The second-order valence-electron chi connectivity index (χ2n) is 0.773. The van der Waals surface area contributed by atoms with E-state index >= 15 is 0 Å². The molecule has 0 saturated heterocycles. The van der Waals surface area contributed by atoms with Crippen molar-refractivity contribution in [1.29, 1.82) is 0 Å². The lowest BCUT2D eigenvalue weighted by molar-refractivity contribution is -0.131. The topological polar surface area (TPSA) is 118 Å². The fraction of sp³-hybridized carbons (Fsp3) is 0. The van der Waals surface area contributed by atoms with Crippen molar-refractivity contribution in [2.45, 2.75) is 0 Å². The first-order valence-corrected chi connectivity index (χ1v) is 2.16. The van der Waals surface area contributed by atoms with Crippen molar-refractivity contribution in [3.8, 4) is 0 Å². The van der Waals surface area contributed by atoms with Gasteiger partial charge < -0.3 is 25.2 Å². The average molecular weight is 162 g/mol. The highest BCUT2D eigenvalue weighted by Crippen LogP contribution is 1.54. The molecule has 0 rings (SSSR count). The van der Waals surface area contributed by atoms with Crippen LogP contribution in [0.1, 0.15) is 0 Å². The minimum atomic E-state index is -0.981. The summed E-state index contributed by atoms with van der Waals surface area (Å²) in [5.74, 6) is -0.981. The summed E-state index contributed by atoms with van der Waals surface area (Å²) in [5.41, 5.74) is 0. The lowest BCUT2D eigenvalue weighted by Crippen LogP contribution is -1.82. The minimum Gasteiger partial charge on any atom is -0.478 e. The van der Waals surface area contributed by atoms with Crippen LogP contribution in [0, 0.1) is 0 Å². The van der Waals surface area contributed by atoms with Crippen molar-refractivity contribution < 1.29 is 30.0 Å². The van der Waals surface area contributed by atoms with E-state index in [1.165, 1.54) is 0 Å². The van der Waals surface area contributed by atoms with E-state index in [9.17, 15) is 4.79 Å². The van der Waals surface area contributed by atoms with Crippen molar-refractivity contribution in [1.82, 2.24) is 0 Å². The van der Waals surface area contributed by atoms with Gasteiger partial charge in [-0.1, -0.05) is 6.58 Å². The molecule has 0 aliphatic carbocycles. The Hall–Kier alpha value is -0.820. The third kappa shape index (κ3) is 340. The Morgan fingerprint density at radius 3 is 1.27 bits per heavy atom. The number of carboxylic acids is 1. The predicted octanol–water partition coefficient (Wildman–Crippen LogP) is -2.73.